The van der Waals surface area contributed by atoms with Crippen LogP contribution < -0.4 is 4.90 Å². The van der Waals surface area contributed by atoms with Gasteiger partial charge in [0.1, 0.15) is 12.3 Å². The van der Waals surface area contributed by atoms with Gasteiger partial charge in [-0.05, 0) is 61.1 Å². The third kappa shape index (κ3) is 6.74. The van der Waals surface area contributed by atoms with E-state index < -0.39 is 5.97 Å². The second-order valence-corrected chi connectivity index (χ2v) is 12.7. The third-order valence-electron chi connectivity index (χ3n) is 9.64. The number of carbonyl (C=O) groups is 2. The monoisotopic (exact) mass is 649 g/mol. The molecule has 2 saturated heterocycles. The van der Waals surface area contributed by atoms with Gasteiger partial charge in [-0.15, -0.1) is 10.2 Å². The molecule has 3 aliphatic heterocycles. The molecule has 0 aliphatic carbocycles. The number of anilines is 1. The molecule has 1 aromatic carbocycles. The molecule has 0 radical (unpaired) electrons. The maximum atomic E-state index is 12.3. The molecule has 0 unspecified atom stereocenters. The summed E-state index contributed by atoms with van der Waals surface area (Å²) in [5.74, 6) is 6.41. The molecule has 3 aromatic heterocycles. The van der Waals surface area contributed by atoms with Crippen LogP contribution in [-0.2, 0) is 27.2 Å². The molecule has 0 spiro atoms. The van der Waals surface area contributed by atoms with E-state index in [9.17, 15) is 9.59 Å². The smallest absolute Gasteiger partial charge is 0.356 e. The van der Waals surface area contributed by atoms with E-state index in [1.54, 1.807) is 13.0 Å². The number of hydrogen-bond donors (Lipinski definition) is 1. The summed E-state index contributed by atoms with van der Waals surface area (Å²) in [7, 11) is 0. The number of ether oxygens (including phenoxy) is 2. The summed E-state index contributed by atoms with van der Waals surface area (Å²) in [6, 6.07) is 11.7. The van der Waals surface area contributed by atoms with Gasteiger partial charge in [-0.3, -0.25) is 9.48 Å². The fourth-order valence-electron chi connectivity index (χ4n) is 6.95. The van der Waals surface area contributed by atoms with E-state index in [2.05, 4.69) is 43.8 Å². The fourth-order valence-corrected chi connectivity index (χ4v) is 6.95. The van der Waals surface area contributed by atoms with Crippen molar-refractivity contribution in [1.29, 1.82) is 0 Å². The van der Waals surface area contributed by atoms with Crippen molar-refractivity contribution in [3.8, 4) is 23.1 Å². The van der Waals surface area contributed by atoms with Crippen molar-refractivity contribution in [2.45, 2.75) is 51.6 Å². The zero-order chi connectivity index (χ0) is 33.0. The molecule has 0 bridgehead atoms. The third-order valence-corrected chi connectivity index (χ3v) is 9.64. The minimum Gasteiger partial charge on any atom is -0.476 e. The molecular weight excluding hydrogens is 610 g/mol. The van der Waals surface area contributed by atoms with E-state index in [4.69, 9.17) is 24.7 Å². The van der Waals surface area contributed by atoms with Crippen LogP contribution in [0.2, 0.25) is 0 Å². The van der Waals surface area contributed by atoms with Gasteiger partial charge < -0.3 is 24.4 Å². The number of nitrogens with zero attached hydrogens (tertiary/aromatic N) is 7. The van der Waals surface area contributed by atoms with E-state index >= 15 is 0 Å². The lowest BCUT2D eigenvalue weighted by Gasteiger charge is -2.32. The average Bonchev–Trinajstić information content (AvgIpc) is 3.50. The molecule has 1 N–H and O–H groups in total. The highest BCUT2D eigenvalue weighted by Gasteiger charge is 2.30. The quantitative estimate of drug-likeness (QED) is 0.230. The number of carboxylic acid groups (broad SMARTS) is 1. The molecule has 7 rings (SSSR count). The first-order valence-corrected chi connectivity index (χ1v) is 16.7. The maximum absolute atomic E-state index is 12.3. The lowest BCUT2D eigenvalue weighted by atomic mass is 9.97. The summed E-state index contributed by atoms with van der Waals surface area (Å²) in [6.45, 7) is 6.98. The normalized spacial score (nSPS) is 17.2. The molecule has 48 heavy (non-hydrogen) atoms. The van der Waals surface area contributed by atoms with Gasteiger partial charge in [-0.25, -0.2) is 9.78 Å². The summed E-state index contributed by atoms with van der Waals surface area (Å²) in [6.07, 6.45) is 6.46. The summed E-state index contributed by atoms with van der Waals surface area (Å²) < 4.78 is 13.8. The van der Waals surface area contributed by atoms with Crippen LogP contribution in [0, 0.1) is 17.8 Å². The van der Waals surface area contributed by atoms with Crippen molar-refractivity contribution in [3.63, 3.8) is 0 Å². The number of rotatable bonds is 7. The Bertz CT molecular complexity index is 1870. The topological polar surface area (TPSA) is 136 Å². The number of amides is 1. The zero-order valence-corrected chi connectivity index (χ0v) is 27.1. The SMILES string of the molecule is CC(=O)N1CCc2c(c(-c3cccc4cc(C#CCOCC5CCN(c6ccc(C(=O)O)nn6)CC5)ncc34)nn2C2CCOCC2)C1. The van der Waals surface area contributed by atoms with Crippen LogP contribution in [0.1, 0.15) is 66.1 Å². The minimum absolute atomic E-state index is 0.0534. The van der Waals surface area contributed by atoms with Gasteiger partial charge in [0.15, 0.2) is 11.5 Å². The lowest BCUT2D eigenvalue weighted by Crippen LogP contribution is -2.35. The highest BCUT2D eigenvalue weighted by atomic mass is 16.5. The predicted molar refractivity (Wildman–Crippen MR) is 178 cm³/mol. The first-order valence-electron chi connectivity index (χ1n) is 16.7. The summed E-state index contributed by atoms with van der Waals surface area (Å²) >= 11 is 0. The fraction of sp³-hybridized carbons (Fsp3) is 0.444. The predicted octanol–water partition coefficient (Wildman–Crippen LogP) is 4.13. The Labute approximate surface area is 279 Å². The van der Waals surface area contributed by atoms with Crippen molar-refractivity contribution < 1.29 is 24.2 Å². The number of fused-ring (bicyclic) bond motifs is 2. The van der Waals surface area contributed by atoms with Crippen LogP contribution in [0.3, 0.4) is 0 Å². The van der Waals surface area contributed by atoms with Crippen molar-refractivity contribution in [2.75, 3.05) is 51.0 Å². The van der Waals surface area contributed by atoms with E-state index in [1.165, 1.54) is 11.8 Å². The van der Waals surface area contributed by atoms with Crippen LogP contribution >= 0.6 is 0 Å². The Balaban J connectivity index is 0.998. The molecule has 1 amide bonds. The van der Waals surface area contributed by atoms with Gasteiger partial charge in [0, 0.05) is 81.1 Å². The first-order chi connectivity index (χ1) is 23.4. The summed E-state index contributed by atoms with van der Waals surface area (Å²) in [4.78, 5) is 32.1. The Kier molecular flexibility index (Phi) is 9.31. The largest absolute Gasteiger partial charge is 0.476 e. The number of piperidine rings is 1. The first kappa shape index (κ1) is 31.7. The molecule has 6 heterocycles. The number of carboxylic acids is 1. The molecular formula is C36H39N7O5. The Morgan fingerprint density at radius 1 is 1.06 bits per heavy atom. The number of carbonyl (C=O) groups excluding carboxylic acids is 1. The molecule has 12 heteroatoms. The zero-order valence-electron chi connectivity index (χ0n) is 27.1. The molecule has 248 valence electrons. The maximum Gasteiger partial charge on any atom is 0.356 e. The lowest BCUT2D eigenvalue weighted by molar-refractivity contribution is -0.129. The van der Waals surface area contributed by atoms with Gasteiger partial charge in [0.05, 0.1) is 18.3 Å². The second kappa shape index (κ2) is 14.1. The number of hydrogen-bond acceptors (Lipinski definition) is 9. The number of benzene rings is 1. The highest BCUT2D eigenvalue weighted by molar-refractivity contribution is 5.96. The van der Waals surface area contributed by atoms with E-state index in [0.717, 1.165) is 86.0 Å². The van der Waals surface area contributed by atoms with Crippen LogP contribution in [0.25, 0.3) is 22.0 Å². The Morgan fingerprint density at radius 3 is 2.65 bits per heavy atom. The van der Waals surface area contributed by atoms with Crippen molar-refractivity contribution in [3.05, 3.63) is 65.2 Å². The van der Waals surface area contributed by atoms with Gasteiger partial charge in [0.2, 0.25) is 5.91 Å². The van der Waals surface area contributed by atoms with Crippen LogP contribution in [0.15, 0.2) is 42.6 Å². The van der Waals surface area contributed by atoms with Crippen LogP contribution in [-0.4, -0.2) is 92.9 Å². The molecule has 3 aliphatic rings. The average molecular weight is 650 g/mol. The Hall–Kier alpha value is -4.86. The Morgan fingerprint density at radius 2 is 1.90 bits per heavy atom. The van der Waals surface area contributed by atoms with Gasteiger partial charge in [-0.2, -0.15) is 5.10 Å². The number of pyridine rings is 1. The van der Waals surface area contributed by atoms with Gasteiger partial charge in [0.25, 0.3) is 0 Å². The molecule has 0 atom stereocenters. The van der Waals surface area contributed by atoms with Crippen molar-refractivity contribution in [2.24, 2.45) is 5.92 Å². The standard InChI is InChI=1S/C36H39N7O5/c1-24(44)42-16-11-33-31(22-42)35(40-43(33)28-12-18-47-19-13-28)29-6-2-4-26-20-27(37-21-30(26)29)5-3-17-48-23-25-9-14-41(15-10-25)34-8-7-32(36(45)46)38-39-34/h2,4,6-8,20-21,25,28H,9-19,22-23H2,1H3,(H,45,46). The van der Waals surface area contributed by atoms with E-state index in [-0.39, 0.29) is 11.6 Å². The van der Waals surface area contributed by atoms with E-state index in [0.29, 0.717) is 49.8 Å². The molecule has 2 fully saturated rings. The van der Waals surface area contributed by atoms with Crippen LogP contribution in [0.4, 0.5) is 5.82 Å². The minimum atomic E-state index is -1.08. The number of aromatic carboxylic acids is 1. The molecule has 12 nitrogen and oxygen atoms in total. The second-order valence-electron chi connectivity index (χ2n) is 12.7. The molecule has 0 saturated carbocycles. The van der Waals surface area contributed by atoms with E-state index in [1.807, 2.05) is 23.2 Å². The van der Waals surface area contributed by atoms with Gasteiger partial charge in [-0.1, -0.05) is 24.1 Å². The summed E-state index contributed by atoms with van der Waals surface area (Å²) in [5, 5.41) is 24.1. The van der Waals surface area contributed by atoms with Gasteiger partial charge >= 0.3 is 5.97 Å². The van der Waals surface area contributed by atoms with Crippen LogP contribution in [0.5, 0.6) is 0 Å². The van der Waals surface area contributed by atoms with Crippen molar-refractivity contribution in [1.82, 2.24) is 29.9 Å². The number of aromatic nitrogens is 5. The van der Waals surface area contributed by atoms with Crippen molar-refractivity contribution >= 4 is 28.5 Å². The highest BCUT2D eigenvalue weighted by Crippen LogP contribution is 2.37. The molecule has 4 aromatic rings. The summed E-state index contributed by atoms with van der Waals surface area (Å²) in [5.41, 5.74) is 4.94.